The number of carbonyl (C=O) groups excluding carboxylic acids is 1. The van der Waals surface area contributed by atoms with E-state index < -0.39 is 5.24 Å². The Kier molecular flexibility index (Phi) is 4.61. The molecule has 0 amide bonds. The lowest BCUT2D eigenvalue weighted by Gasteiger charge is -1.82. The zero-order valence-corrected chi connectivity index (χ0v) is 6.92. The van der Waals surface area contributed by atoms with Crippen LogP contribution in [0.1, 0.15) is 0 Å². The first-order chi connectivity index (χ1) is 3.68. The Labute approximate surface area is 65.8 Å². The molecule has 0 heterocycles. The monoisotopic (exact) mass is 216 g/mol. The van der Waals surface area contributed by atoms with Crippen LogP contribution in [-0.2, 0) is 4.79 Å². The Morgan fingerprint density at radius 2 is 2.12 bits per heavy atom. The first-order valence-corrected chi connectivity index (χ1v) is 3.67. The van der Waals surface area contributed by atoms with Crippen molar-refractivity contribution >= 4 is 44.4 Å². The molecule has 0 fully saturated rings. The molecule has 0 rings (SSSR count). The fraction of sp³-hybridized carbons (Fsp3) is 0.250. The first kappa shape index (κ1) is 8.47. The maximum atomic E-state index is 10.1. The lowest BCUT2D eigenvalue weighted by Crippen LogP contribution is -1.83. The number of carbonyl (C=O) groups is 1. The predicted molar refractivity (Wildman–Crippen MR) is 38.6 cm³/mol. The van der Waals surface area contributed by atoms with E-state index in [1.54, 1.807) is 0 Å². The summed E-state index contributed by atoms with van der Waals surface area (Å²) in [6.07, 6.45) is 1.48. The van der Waals surface area contributed by atoms with Gasteiger partial charge in [0.05, 0.1) is 5.03 Å². The standard InChI is InChI=1S/C4H3BrCl2O/c5-2-1-3(6)4(7)8/h1H,2H2. The Morgan fingerprint density at radius 3 is 2.25 bits per heavy atom. The molecule has 0 aliphatic rings. The molecule has 0 unspecified atom stereocenters. The summed E-state index contributed by atoms with van der Waals surface area (Å²) in [6, 6.07) is 0. The van der Waals surface area contributed by atoms with Gasteiger partial charge in [-0.1, -0.05) is 33.6 Å². The van der Waals surface area contributed by atoms with Crippen molar-refractivity contribution in [3.8, 4) is 0 Å². The summed E-state index contributed by atoms with van der Waals surface area (Å²) in [7, 11) is 0. The fourth-order valence-electron chi connectivity index (χ4n) is 0.148. The molecule has 46 valence electrons. The first-order valence-electron chi connectivity index (χ1n) is 1.80. The second kappa shape index (κ2) is 4.36. The average Bonchev–Trinajstić information content (AvgIpc) is 1.67. The van der Waals surface area contributed by atoms with Gasteiger partial charge in [-0.3, -0.25) is 4.79 Å². The quantitative estimate of drug-likeness (QED) is 0.394. The van der Waals surface area contributed by atoms with Crippen molar-refractivity contribution in [2.24, 2.45) is 0 Å². The molecule has 1 nitrogen and oxygen atoms in total. The molecule has 4 heteroatoms. The molecule has 0 aliphatic heterocycles. The van der Waals surface area contributed by atoms with Crippen molar-refractivity contribution in [3.05, 3.63) is 11.1 Å². The van der Waals surface area contributed by atoms with Crippen LogP contribution in [0, 0.1) is 0 Å². The van der Waals surface area contributed by atoms with E-state index in [2.05, 4.69) is 15.9 Å². The van der Waals surface area contributed by atoms with Crippen LogP contribution in [0.25, 0.3) is 0 Å². The molecule has 0 N–H and O–H groups in total. The van der Waals surface area contributed by atoms with Crippen molar-refractivity contribution in [2.45, 2.75) is 0 Å². The second-order valence-corrected chi connectivity index (χ2v) is 2.38. The van der Waals surface area contributed by atoms with Gasteiger partial charge in [0.1, 0.15) is 0 Å². The highest BCUT2D eigenvalue weighted by molar-refractivity contribution is 9.09. The van der Waals surface area contributed by atoms with Gasteiger partial charge >= 0.3 is 0 Å². The molecule has 8 heavy (non-hydrogen) atoms. The molecular formula is C4H3BrCl2O. The fourth-order valence-corrected chi connectivity index (χ4v) is 0.812. The highest BCUT2D eigenvalue weighted by Crippen LogP contribution is 2.05. The minimum Gasteiger partial charge on any atom is -0.275 e. The molecule has 0 saturated carbocycles. The molecule has 0 aliphatic carbocycles. The van der Waals surface area contributed by atoms with Crippen LogP contribution in [0.3, 0.4) is 0 Å². The summed E-state index contributed by atoms with van der Waals surface area (Å²) in [5.41, 5.74) is 0. The summed E-state index contributed by atoms with van der Waals surface area (Å²) < 4.78 is 0. The lowest BCUT2D eigenvalue weighted by molar-refractivity contribution is -0.108. The zero-order valence-electron chi connectivity index (χ0n) is 3.83. The van der Waals surface area contributed by atoms with Crippen LogP contribution in [0.5, 0.6) is 0 Å². The topological polar surface area (TPSA) is 17.1 Å². The Balaban J connectivity index is 3.80. The number of halogens is 3. The van der Waals surface area contributed by atoms with E-state index in [0.29, 0.717) is 5.33 Å². The van der Waals surface area contributed by atoms with Gasteiger partial charge in [0.15, 0.2) is 0 Å². The van der Waals surface area contributed by atoms with Crippen LogP contribution in [0.4, 0.5) is 0 Å². The minimum absolute atomic E-state index is 0.0588. The molecule has 0 aromatic heterocycles. The van der Waals surface area contributed by atoms with Gasteiger partial charge in [0.25, 0.3) is 5.24 Å². The van der Waals surface area contributed by atoms with Crippen LogP contribution >= 0.6 is 39.1 Å². The second-order valence-electron chi connectivity index (χ2n) is 0.980. The third-order valence-electron chi connectivity index (χ3n) is 0.444. The molecule has 0 radical (unpaired) electrons. The number of allylic oxidation sites excluding steroid dienone is 2. The van der Waals surface area contributed by atoms with Crippen molar-refractivity contribution in [3.63, 3.8) is 0 Å². The van der Waals surface area contributed by atoms with Crippen molar-refractivity contribution < 1.29 is 4.79 Å². The summed E-state index contributed by atoms with van der Waals surface area (Å²) in [5, 5.41) is -0.0146. The van der Waals surface area contributed by atoms with E-state index in [-0.39, 0.29) is 5.03 Å². The van der Waals surface area contributed by atoms with Gasteiger partial charge in [-0.05, 0) is 11.6 Å². The highest BCUT2D eigenvalue weighted by Gasteiger charge is 1.97. The van der Waals surface area contributed by atoms with E-state index in [1.807, 2.05) is 0 Å². The molecule has 0 aromatic carbocycles. The van der Waals surface area contributed by atoms with Crippen LogP contribution in [0.2, 0.25) is 0 Å². The van der Waals surface area contributed by atoms with Gasteiger partial charge in [0.2, 0.25) is 0 Å². The summed E-state index contributed by atoms with van der Waals surface area (Å²) in [4.78, 5) is 10.1. The number of hydrogen-bond acceptors (Lipinski definition) is 1. The van der Waals surface area contributed by atoms with E-state index >= 15 is 0 Å². The third-order valence-corrected chi connectivity index (χ3v) is 1.39. The van der Waals surface area contributed by atoms with Gasteiger partial charge in [-0.15, -0.1) is 0 Å². The van der Waals surface area contributed by atoms with Crippen molar-refractivity contribution in [2.75, 3.05) is 5.33 Å². The van der Waals surface area contributed by atoms with E-state index in [1.165, 1.54) is 6.08 Å². The third kappa shape index (κ3) is 3.47. The number of hydrogen-bond donors (Lipinski definition) is 0. The average molecular weight is 218 g/mol. The van der Waals surface area contributed by atoms with Crippen LogP contribution in [-0.4, -0.2) is 10.6 Å². The van der Waals surface area contributed by atoms with Crippen LogP contribution in [0.15, 0.2) is 11.1 Å². The Hall–Kier alpha value is 0.470. The molecule has 0 saturated heterocycles. The molecule has 0 bridgehead atoms. The Morgan fingerprint density at radius 1 is 1.62 bits per heavy atom. The van der Waals surface area contributed by atoms with Crippen molar-refractivity contribution in [1.82, 2.24) is 0 Å². The molecular weight excluding hydrogens is 215 g/mol. The smallest absolute Gasteiger partial charge is 0.263 e. The number of alkyl halides is 1. The summed E-state index contributed by atoms with van der Waals surface area (Å²) in [5.74, 6) is 0. The van der Waals surface area contributed by atoms with Crippen molar-refractivity contribution in [1.29, 1.82) is 0 Å². The largest absolute Gasteiger partial charge is 0.275 e. The summed E-state index contributed by atoms with van der Waals surface area (Å²) in [6.45, 7) is 0. The van der Waals surface area contributed by atoms with Gasteiger partial charge in [-0.25, -0.2) is 0 Å². The van der Waals surface area contributed by atoms with E-state index in [9.17, 15) is 4.79 Å². The number of rotatable bonds is 2. The normalized spacial score (nSPS) is 11.6. The predicted octanol–water partition coefficient (Wildman–Crippen LogP) is 2.27. The molecule has 0 aromatic rings. The maximum Gasteiger partial charge on any atom is 0.263 e. The van der Waals surface area contributed by atoms with E-state index in [0.717, 1.165) is 0 Å². The minimum atomic E-state index is -0.619. The lowest BCUT2D eigenvalue weighted by atomic mass is 10.6. The SMILES string of the molecule is O=C(Cl)C(Cl)=CCBr. The Bertz CT molecular complexity index is 121. The molecule has 0 spiro atoms. The summed E-state index contributed by atoms with van der Waals surface area (Å²) >= 11 is 13.3. The molecule has 0 atom stereocenters. The van der Waals surface area contributed by atoms with Crippen LogP contribution < -0.4 is 0 Å². The highest BCUT2D eigenvalue weighted by atomic mass is 79.9. The zero-order chi connectivity index (χ0) is 6.57. The van der Waals surface area contributed by atoms with Gasteiger partial charge in [0, 0.05) is 5.33 Å². The van der Waals surface area contributed by atoms with Gasteiger partial charge < -0.3 is 0 Å². The van der Waals surface area contributed by atoms with Gasteiger partial charge in [-0.2, -0.15) is 0 Å². The van der Waals surface area contributed by atoms with E-state index in [4.69, 9.17) is 23.2 Å². The maximum absolute atomic E-state index is 10.1.